The molecular weight excluding hydrogens is 309 g/mol. The quantitative estimate of drug-likeness (QED) is 0.624. The molecule has 104 valence electrons. The monoisotopic (exact) mass is 321 g/mol. The molecule has 7 heteroatoms. The van der Waals surface area contributed by atoms with E-state index in [1.807, 2.05) is 30.3 Å². The molecule has 0 bridgehead atoms. The Balaban J connectivity index is 2.72. The average molecular weight is 322 g/mol. The molecule has 19 heavy (non-hydrogen) atoms. The maximum absolute atomic E-state index is 11.4. The molecule has 1 amide bonds. The molecule has 0 fully saturated rings. The van der Waals surface area contributed by atoms with Gasteiger partial charge in [0.25, 0.3) is 5.91 Å². The summed E-state index contributed by atoms with van der Waals surface area (Å²) < 4.78 is 0. The van der Waals surface area contributed by atoms with E-state index in [0.29, 0.717) is 5.75 Å². The fraction of sp³-hybridized carbons (Fsp3) is 0.333. The summed E-state index contributed by atoms with van der Waals surface area (Å²) in [6.45, 7) is 1.40. The van der Waals surface area contributed by atoms with Gasteiger partial charge < -0.3 is 10.4 Å². The third kappa shape index (κ3) is 4.93. The van der Waals surface area contributed by atoms with E-state index in [9.17, 15) is 14.7 Å². The number of carbonyl (C=O) groups excluding carboxylic acids is 1. The van der Waals surface area contributed by atoms with Gasteiger partial charge in [-0.05, 0) is 12.5 Å². The van der Waals surface area contributed by atoms with Crippen molar-refractivity contribution in [2.75, 3.05) is 0 Å². The van der Waals surface area contributed by atoms with Crippen molar-refractivity contribution < 1.29 is 14.7 Å². The van der Waals surface area contributed by atoms with Crippen LogP contribution in [0.2, 0.25) is 0 Å². The van der Waals surface area contributed by atoms with Crippen molar-refractivity contribution in [2.24, 2.45) is 0 Å². The van der Waals surface area contributed by atoms with Crippen molar-refractivity contribution in [2.45, 2.75) is 22.4 Å². The number of hydrogen-bond donors (Lipinski definition) is 2. The Kier molecular flexibility index (Phi) is 5.97. The van der Waals surface area contributed by atoms with Gasteiger partial charge in [-0.25, -0.2) is 4.79 Å². The molecular formula is C12H13Cl2NO3S. The predicted molar refractivity (Wildman–Crippen MR) is 77.4 cm³/mol. The second kappa shape index (κ2) is 7.03. The Morgan fingerprint density at radius 3 is 2.42 bits per heavy atom. The van der Waals surface area contributed by atoms with Gasteiger partial charge in [0, 0.05) is 5.75 Å². The van der Waals surface area contributed by atoms with E-state index in [-0.39, 0.29) is 0 Å². The number of carboxylic acid groups (broad SMARTS) is 1. The van der Waals surface area contributed by atoms with E-state index in [1.54, 1.807) is 0 Å². The number of aliphatic carboxylic acids is 1. The molecule has 0 spiro atoms. The highest BCUT2D eigenvalue weighted by atomic mass is 35.5. The number of hydrogen-bond acceptors (Lipinski definition) is 3. The Hall–Kier alpha value is -0.910. The van der Waals surface area contributed by atoms with Crippen molar-refractivity contribution in [3.05, 3.63) is 35.9 Å². The lowest BCUT2D eigenvalue weighted by Gasteiger charge is -2.25. The largest absolute Gasteiger partial charge is 0.479 e. The standard InChI is InChI=1S/C12H13Cl2NO3S/c1-12(11(17)18,15-10(16)9(13)14)19-7-8-5-3-2-4-6-8/h2-6,9H,7H2,1H3,(H,15,16)(H,17,18). The highest BCUT2D eigenvalue weighted by Crippen LogP contribution is 2.27. The SMILES string of the molecule is CC(NC(=O)C(Cl)Cl)(SCc1ccccc1)C(=O)O. The first-order valence-corrected chi connectivity index (χ1v) is 7.22. The van der Waals surface area contributed by atoms with Crippen molar-refractivity contribution in [3.63, 3.8) is 0 Å². The minimum atomic E-state index is -1.48. The summed E-state index contributed by atoms with van der Waals surface area (Å²) >= 11 is 11.9. The molecule has 4 nitrogen and oxygen atoms in total. The first-order chi connectivity index (χ1) is 8.85. The Labute approximate surface area is 125 Å². The zero-order chi connectivity index (χ0) is 14.5. The number of nitrogens with one attached hydrogen (secondary N) is 1. The number of amides is 1. The van der Waals surface area contributed by atoms with Crippen LogP contribution >= 0.6 is 35.0 Å². The number of alkyl halides is 2. The molecule has 0 heterocycles. The van der Waals surface area contributed by atoms with Crippen molar-refractivity contribution >= 4 is 46.8 Å². The molecule has 1 aromatic rings. The zero-order valence-corrected chi connectivity index (χ0v) is 12.4. The summed E-state index contributed by atoms with van der Waals surface area (Å²) in [4.78, 5) is 19.9. The molecule has 1 unspecified atom stereocenters. The number of carbonyl (C=O) groups is 2. The van der Waals surface area contributed by atoms with Gasteiger partial charge in [-0.15, -0.1) is 11.8 Å². The van der Waals surface area contributed by atoms with Gasteiger partial charge >= 0.3 is 5.97 Å². The first kappa shape index (κ1) is 16.1. The van der Waals surface area contributed by atoms with Crippen molar-refractivity contribution in [3.8, 4) is 0 Å². The second-order valence-corrected chi connectivity index (χ2v) is 6.39. The van der Waals surface area contributed by atoms with Gasteiger partial charge in [0.1, 0.15) is 0 Å². The van der Waals surface area contributed by atoms with E-state index in [0.717, 1.165) is 17.3 Å². The number of rotatable bonds is 6. The Morgan fingerprint density at radius 1 is 1.37 bits per heavy atom. The highest BCUT2D eigenvalue weighted by Gasteiger charge is 2.36. The zero-order valence-electron chi connectivity index (χ0n) is 10.1. The summed E-state index contributed by atoms with van der Waals surface area (Å²) in [7, 11) is 0. The van der Waals surface area contributed by atoms with Crippen LogP contribution in [0.1, 0.15) is 12.5 Å². The minimum absolute atomic E-state index is 0.444. The number of carboxylic acids is 1. The van der Waals surface area contributed by atoms with Crippen molar-refractivity contribution in [1.82, 2.24) is 5.32 Å². The molecule has 0 aromatic heterocycles. The average Bonchev–Trinajstić information content (AvgIpc) is 2.37. The van der Waals surface area contributed by atoms with Crippen LogP contribution in [-0.4, -0.2) is 26.7 Å². The third-order valence-electron chi connectivity index (χ3n) is 2.34. The predicted octanol–water partition coefficient (Wildman–Crippen LogP) is 2.64. The van der Waals surface area contributed by atoms with Crippen LogP contribution in [0.5, 0.6) is 0 Å². The van der Waals surface area contributed by atoms with Crippen LogP contribution in [-0.2, 0) is 15.3 Å². The van der Waals surface area contributed by atoms with E-state index < -0.39 is 21.6 Å². The highest BCUT2D eigenvalue weighted by molar-refractivity contribution is 8.00. The van der Waals surface area contributed by atoms with Gasteiger partial charge in [-0.2, -0.15) is 0 Å². The molecule has 0 aliphatic rings. The third-order valence-corrected chi connectivity index (χ3v) is 4.07. The van der Waals surface area contributed by atoms with Crippen LogP contribution in [0.15, 0.2) is 30.3 Å². The van der Waals surface area contributed by atoms with Gasteiger partial charge in [-0.1, -0.05) is 53.5 Å². The van der Waals surface area contributed by atoms with E-state index in [4.69, 9.17) is 23.2 Å². The van der Waals surface area contributed by atoms with E-state index in [1.165, 1.54) is 6.92 Å². The summed E-state index contributed by atoms with van der Waals surface area (Å²) in [6, 6.07) is 9.35. The molecule has 1 rings (SSSR count). The molecule has 1 atom stereocenters. The van der Waals surface area contributed by atoms with Crippen LogP contribution in [0, 0.1) is 0 Å². The molecule has 0 aliphatic heterocycles. The number of benzene rings is 1. The summed E-state index contributed by atoms with van der Waals surface area (Å²) in [5.41, 5.74) is 0.961. The normalized spacial score (nSPS) is 13.9. The summed E-state index contributed by atoms with van der Waals surface area (Å²) in [5, 5.41) is 11.5. The van der Waals surface area contributed by atoms with E-state index in [2.05, 4.69) is 5.32 Å². The van der Waals surface area contributed by atoms with Gasteiger partial charge in [0.15, 0.2) is 9.71 Å². The minimum Gasteiger partial charge on any atom is -0.479 e. The molecule has 0 aliphatic carbocycles. The number of thioether (sulfide) groups is 1. The fourth-order valence-corrected chi connectivity index (χ4v) is 2.30. The fourth-order valence-electron chi connectivity index (χ4n) is 1.24. The van der Waals surface area contributed by atoms with Crippen LogP contribution in [0.4, 0.5) is 0 Å². The Bertz CT molecular complexity index is 456. The molecule has 1 aromatic carbocycles. The lowest BCUT2D eigenvalue weighted by atomic mass is 10.2. The smallest absolute Gasteiger partial charge is 0.339 e. The Morgan fingerprint density at radius 2 is 1.95 bits per heavy atom. The second-order valence-electron chi connectivity index (χ2n) is 3.90. The first-order valence-electron chi connectivity index (χ1n) is 5.36. The van der Waals surface area contributed by atoms with Gasteiger partial charge in [0.05, 0.1) is 0 Å². The lowest BCUT2D eigenvalue weighted by Crippen LogP contribution is -2.51. The summed E-state index contributed by atoms with van der Waals surface area (Å²) in [5.74, 6) is -1.44. The molecule has 0 saturated heterocycles. The molecule has 0 radical (unpaired) electrons. The topological polar surface area (TPSA) is 66.4 Å². The summed E-state index contributed by atoms with van der Waals surface area (Å²) in [6.07, 6.45) is 0. The maximum Gasteiger partial charge on any atom is 0.339 e. The molecule has 2 N–H and O–H groups in total. The number of halogens is 2. The van der Waals surface area contributed by atoms with Gasteiger partial charge in [0.2, 0.25) is 0 Å². The molecule has 0 saturated carbocycles. The lowest BCUT2D eigenvalue weighted by molar-refractivity contribution is -0.142. The maximum atomic E-state index is 11.4. The van der Waals surface area contributed by atoms with Crippen LogP contribution in [0.3, 0.4) is 0 Å². The van der Waals surface area contributed by atoms with Crippen LogP contribution in [0.25, 0.3) is 0 Å². The van der Waals surface area contributed by atoms with Crippen LogP contribution < -0.4 is 5.32 Å². The van der Waals surface area contributed by atoms with Gasteiger partial charge in [-0.3, -0.25) is 4.79 Å². The van der Waals surface area contributed by atoms with Crippen molar-refractivity contribution in [1.29, 1.82) is 0 Å². The van der Waals surface area contributed by atoms with E-state index >= 15 is 0 Å².